The number of nitrogens with zero attached hydrogens (tertiary/aromatic N) is 1. The second-order valence-electron chi connectivity index (χ2n) is 8.65. The van der Waals surface area contributed by atoms with Gasteiger partial charge in [-0.3, -0.25) is 0 Å². The molecule has 134 valence electrons. The summed E-state index contributed by atoms with van der Waals surface area (Å²) in [4.78, 5) is 17.1. The van der Waals surface area contributed by atoms with Gasteiger partial charge in [-0.25, -0.2) is 9.79 Å². The molecule has 0 N–H and O–H groups in total. The summed E-state index contributed by atoms with van der Waals surface area (Å²) in [6.45, 7) is 0.242. The second kappa shape index (κ2) is 5.12. The van der Waals surface area contributed by atoms with Crippen molar-refractivity contribution >= 4 is 17.9 Å². The van der Waals surface area contributed by atoms with E-state index >= 15 is 0 Å². The maximum atomic E-state index is 12.5. The molecule has 0 atom stereocenters. The van der Waals surface area contributed by atoms with Gasteiger partial charge >= 0.3 is 5.97 Å². The monoisotopic (exact) mass is 351 g/mol. The Morgan fingerprint density at radius 3 is 2.42 bits per heavy atom. The number of fused-ring (bicyclic) bond motifs is 1. The predicted molar refractivity (Wildman–Crippen MR) is 94.7 cm³/mol. The van der Waals surface area contributed by atoms with E-state index in [1.165, 1.54) is 19.3 Å². The summed E-state index contributed by atoms with van der Waals surface area (Å²) < 4.78 is 16.5. The Kier molecular flexibility index (Phi) is 2.92. The summed E-state index contributed by atoms with van der Waals surface area (Å²) >= 11 is 0. The normalized spacial score (nSPS) is 38.0. The number of ether oxygens (including phenoxy) is 3. The molecule has 5 nitrogen and oxygen atoms in total. The maximum absolute atomic E-state index is 12.5. The van der Waals surface area contributed by atoms with Gasteiger partial charge in [-0.1, -0.05) is 6.07 Å². The topological polar surface area (TPSA) is 57.1 Å². The van der Waals surface area contributed by atoms with Gasteiger partial charge in [-0.15, -0.1) is 0 Å². The van der Waals surface area contributed by atoms with Crippen molar-refractivity contribution in [3.8, 4) is 11.5 Å². The molecule has 0 aromatic heterocycles. The van der Waals surface area contributed by atoms with Gasteiger partial charge in [0.25, 0.3) is 0 Å². The average molecular weight is 351 g/mol. The maximum Gasteiger partial charge on any atom is 0.363 e. The predicted octanol–water partition coefficient (Wildman–Crippen LogP) is 3.93. The average Bonchev–Trinajstić information content (AvgIpc) is 3.21. The Morgan fingerprint density at radius 2 is 1.69 bits per heavy atom. The number of rotatable bonds is 2. The van der Waals surface area contributed by atoms with Crippen molar-refractivity contribution in [2.75, 3.05) is 6.79 Å². The van der Waals surface area contributed by atoms with Crippen LogP contribution in [-0.2, 0) is 9.53 Å². The highest BCUT2D eigenvalue weighted by atomic mass is 16.7. The van der Waals surface area contributed by atoms with E-state index < -0.39 is 0 Å². The molecule has 4 aliphatic carbocycles. The van der Waals surface area contributed by atoms with E-state index in [1.807, 2.05) is 18.2 Å². The standard InChI is InChI=1S/C21H21NO4/c23-19-16(6-12-1-2-17-18(7-12)25-11-24-17)22-20(26-19)21-8-13-3-14(9-21)5-15(4-13)10-21/h1-2,6-7,13-15H,3-5,8-11H2/b16-6-. The van der Waals surface area contributed by atoms with Gasteiger partial charge in [0.2, 0.25) is 12.7 Å². The Labute approximate surface area is 152 Å². The zero-order chi connectivity index (χ0) is 17.3. The Bertz CT molecular complexity index is 833. The molecule has 26 heavy (non-hydrogen) atoms. The number of cyclic esters (lactones) is 1. The summed E-state index contributed by atoms with van der Waals surface area (Å²) in [7, 11) is 0. The lowest BCUT2D eigenvalue weighted by Crippen LogP contribution is -2.50. The van der Waals surface area contributed by atoms with Gasteiger partial charge < -0.3 is 14.2 Å². The molecule has 6 aliphatic rings. The van der Waals surface area contributed by atoms with E-state index in [1.54, 1.807) is 6.08 Å². The molecule has 0 radical (unpaired) electrons. The summed E-state index contributed by atoms with van der Waals surface area (Å²) in [5.41, 5.74) is 1.28. The van der Waals surface area contributed by atoms with E-state index in [4.69, 9.17) is 14.2 Å². The number of hydrogen-bond donors (Lipinski definition) is 0. The molecule has 1 aromatic rings. The van der Waals surface area contributed by atoms with E-state index in [0.717, 1.165) is 48.3 Å². The van der Waals surface area contributed by atoms with Crippen LogP contribution in [0.25, 0.3) is 6.08 Å². The molecule has 7 rings (SSSR count). The molecule has 4 bridgehead atoms. The zero-order valence-electron chi connectivity index (χ0n) is 14.6. The van der Waals surface area contributed by atoms with Crippen molar-refractivity contribution in [1.82, 2.24) is 0 Å². The molecule has 0 saturated heterocycles. The van der Waals surface area contributed by atoms with Crippen LogP contribution < -0.4 is 9.47 Å². The summed E-state index contributed by atoms with van der Waals surface area (Å²) in [5.74, 6) is 4.19. The molecule has 4 fully saturated rings. The SMILES string of the molecule is O=C1OC(C23CC4CC(CC(C4)C2)C3)=N/C1=C\c1ccc2c(c1)OCO2. The lowest BCUT2D eigenvalue weighted by molar-refractivity contribution is -0.131. The van der Waals surface area contributed by atoms with Crippen molar-refractivity contribution < 1.29 is 19.0 Å². The van der Waals surface area contributed by atoms with Gasteiger partial charge in [-0.05, 0) is 80.1 Å². The van der Waals surface area contributed by atoms with Crippen molar-refractivity contribution in [2.24, 2.45) is 28.2 Å². The van der Waals surface area contributed by atoms with Crippen LogP contribution in [0.3, 0.4) is 0 Å². The first-order valence-corrected chi connectivity index (χ1v) is 9.60. The molecule has 0 spiro atoms. The number of benzene rings is 1. The number of aliphatic imine (C=N–C) groups is 1. The molecule has 2 heterocycles. The van der Waals surface area contributed by atoms with Crippen LogP contribution in [0.2, 0.25) is 0 Å². The molecular weight excluding hydrogens is 330 g/mol. The lowest BCUT2D eigenvalue weighted by atomic mass is 9.49. The molecule has 1 aromatic carbocycles. The van der Waals surface area contributed by atoms with E-state index in [0.29, 0.717) is 17.3 Å². The van der Waals surface area contributed by atoms with Gasteiger partial charge in [0, 0.05) is 5.41 Å². The Hall–Kier alpha value is -2.30. The fourth-order valence-corrected chi connectivity index (χ4v) is 6.17. The smallest absolute Gasteiger partial charge is 0.363 e. The first kappa shape index (κ1) is 14.8. The van der Waals surface area contributed by atoms with Crippen LogP contribution >= 0.6 is 0 Å². The van der Waals surface area contributed by atoms with Crippen LogP contribution in [-0.4, -0.2) is 18.7 Å². The van der Waals surface area contributed by atoms with Crippen LogP contribution in [0, 0.1) is 23.2 Å². The fraction of sp³-hybridized carbons (Fsp3) is 0.524. The summed E-state index contributed by atoms with van der Waals surface area (Å²) in [6.07, 6.45) is 9.30. The van der Waals surface area contributed by atoms with Gasteiger partial charge in [0.1, 0.15) is 0 Å². The Morgan fingerprint density at radius 1 is 1.00 bits per heavy atom. The highest BCUT2D eigenvalue weighted by molar-refractivity contribution is 6.09. The Balaban J connectivity index is 1.33. The zero-order valence-corrected chi connectivity index (χ0v) is 14.6. The van der Waals surface area contributed by atoms with Gasteiger partial charge in [0.15, 0.2) is 17.2 Å². The second-order valence-corrected chi connectivity index (χ2v) is 8.65. The van der Waals surface area contributed by atoms with Gasteiger partial charge in [-0.2, -0.15) is 0 Å². The minimum Gasteiger partial charge on any atom is -0.454 e. The van der Waals surface area contributed by atoms with Crippen LogP contribution in [0.15, 0.2) is 28.9 Å². The van der Waals surface area contributed by atoms with Crippen molar-refractivity contribution in [1.29, 1.82) is 0 Å². The third kappa shape index (κ3) is 2.15. The highest BCUT2D eigenvalue weighted by Gasteiger charge is 2.55. The first-order valence-electron chi connectivity index (χ1n) is 9.60. The molecular formula is C21H21NO4. The molecule has 5 heteroatoms. The molecule has 2 aliphatic heterocycles. The van der Waals surface area contributed by atoms with Crippen LogP contribution in [0.4, 0.5) is 0 Å². The van der Waals surface area contributed by atoms with Gasteiger partial charge in [0.05, 0.1) is 0 Å². The number of carbonyl (C=O) groups excluding carboxylic acids is 1. The highest BCUT2D eigenvalue weighted by Crippen LogP contribution is 2.61. The summed E-state index contributed by atoms with van der Waals surface area (Å²) in [6, 6.07) is 5.64. The molecule has 4 saturated carbocycles. The summed E-state index contributed by atoms with van der Waals surface area (Å²) in [5, 5.41) is 0. The number of carbonyl (C=O) groups is 1. The largest absolute Gasteiger partial charge is 0.454 e. The minimum atomic E-state index is -0.326. The van der Waals surface area contributed by atoms with Crippen molar-refractivity contribution in [2.45, 2.75) is 38.5 Å². The van der Waals surface area contributed by atoms with E-state index in [9.17, 15) is 4.79 Å². The quantitative estimate of drug-likeness (QED) is 0.598. The minimum absolute atomic E-state index is 0.00882. The van der Waals surface area contributed by atoms with E-state index in [2.05, 4.69) is 4.99 Å². The molecule has 0 unspecified atom stereocenters. The lowest BCUT2D eigenvalue weighted by Gasteiger charge is -2.55. The van der Waals surface area contributed by atoms with Crippen molar-refractivity contribution in [3.05, 3.63) is 29.5 Å². The number of esters is 1. The fourth-order valence-electron chi connectivity index (χ4n) is 6.17. The number of hydrogen-bond acceptors (Lipinski definition) is 5. The van der Waals surface area contributed by atoms with Crippen LogP contribution in [0.5, 0.6) is 11.5 Å². The third-order valence-corrected chi connectivity index (χ3v) is 6.81. The van der Waals surface area contributed by atoms with Crippen molar-refractivity contribution in [3.63, 3.8) is 0 Å². The molecule has 0 amide bonds. The third-order valence-electron chi connectivity index (χ3n) is 6.81. The first-order chi connectivity index (χ1) is 12.7. The van der Waals surface area contributed by atoms with Crippen LogP contribution in [0.1, 0.15) is 44.1 Å². The van der Waals surface area contributed by atoms with E-state index in [-0.39, 0.29) is 18.2 Å².